The lowest BCUT2D eigenvalue weighted by atomic mass is 9.82. The molecule has 0 fully saturated rings. The first-order valence-electron chi connectivity index (χ1n) is 12.8. The number of Topliss-reactive ketones (excluding diaryl/α,β-unsaturated/α-hetero) is 1. The van der Waals surface area contributed by atoms with E-state index in [-0.39, 0.29) is 27.9 Å². The van der Waals surface area contributed by atoms with Crippen LogP contribution in [0.4, 0.5) is 5.69 Å². The molecular weight excluding hydrogens is 526 g/mol. The summed E-state index contributed by atoms with van der Waals surface area (Å²) in [6.07, 6.45) is 1.02. The topological polar surface area (TPSA) is 90.0 Å². The molecule has 2 amide bonds. The molecule has 0 saturated heterocycles. The molecule has 3 aromatic carbocycles. The van der Waals surface area contributed by atoms with Crippen LogP contribution in [0.1, 0.15) is 73.5 Å². The van der Waals surface area contributed by atoms with E-state index in [1.54, 1.807) is 41.8 Å². The van der Waals surface area contributed by atoms with Crippen molar-refractivity contribution in [1.29, 1.82) is 0 Å². The molecule has 2 heterocycles. The van der Waals surface area contributed by atoms with Crippen LogP contribution >= 0.6 is 11.3 Å². The molecule has 0 aliphatic carbocycles. The Hall–Kier alpha value is -4.56. The summed E-state index contributed by atoms with van der Waals surface area (Å²) in [5.74, 6) is -0.862. The molecule has 5 rings (SSSR count). The van der Waals surface area contributed by atoms with Crippen molar-refractivity contribution in [2.45, 2.75) is 32.6 Å². The molecule has 0 spiro atoms. The van der Waals surface area contributed by atoms with Gasteiger partial charge in [0.15, 0.2) is 6.61 Å². The maximum Gasteiger partial charge on any atom is 0.338 e. The predicted octanol–water partition coefficient (Wildman–Crippen LogP) is 7.07. The van der Waals surface area contributed by atoms with Crippen molar-refractivity contribution in [3.63, 3.8) is 0 Å². The summed E-state index contributed by atoms with van der Waals surface area (Å²) in [4.78, 5) is 52.5. The van der Waals surface area contributed by atoms with E-state index >= 15 is 0 Å². The first-order valence-corrected chi connectivity index (χ1v) is 13.7. The van der Waals surface area contributed by atoms with Crippen LogP contribution in [-0.2, 0) is 10.2 Å². The lowest BCUT2D eigenvalue weighted by Crippen LogP contribution is -2.29. The van der Waals surface area contributed by atoms with Crippen LogP contribution < -0.4 is 9.64 Å². The quantitative estimate of drug-likeness (QED) is 0.125. The van der Waals surface area contributed by atoms with Crippen molar-refractivity contribution in [3.05, 3.63) is 111 Å². The number of nitrogens with zero attached hydrogens (tertiary/aromatic N) is 1. The van der Waals surface area contributed by atoms with Gasteiger partial charge in [0.1, 0.15) is 11.5 Å². The van der Waals surface area contributed by atoms with E-state index < -0.39 is 24.4 Å². The number of ether oxygens (including phenoxy) is 2. The lowest BCUT2D eigenvalue weighted by molar-refractivity contribution is 0.0475. The fourth-order valence-corrected chi connectivity index (χ4v) is 4.95. The van der Waals surface area contributed by atoms with Crippen molar-refractivity contribution < 1.29 is 28.7 Å². The Morgan fingerprint density at radius 3 is 2.12 bits per heavy atom. The van der Waals surface area contributed by atoms with Crippen molar-refractivity contribution >= 4 is 40.6 Å². The highest BCUT2D eigenvalue weighted by Gasteiger charge is 2.37. The minimum absolute atomic E-state index is 0.0802. The fraction of sp³-hybridized carbons (Fsp3) is 0.188. The number of thiophene rings is 1. The highest BCUT2D eigenvalue weighted by molar-refractivity contribution is 7.12. The summed E-state index contributed by atoms with van der Waals surface area (Å²) in [6.45, 7) is 6.14. The van der Waals surface area contributed by atoms with E-state index in [2.05, 4.69) is 32.9 Å². The van der Waals surface area contributed by atoms with Gasteiger partial charge in [-0.05, 0) is 83.4 Å². The van der Waals surface area contributed by atoms with Crippen molar-refractivity contribution in [1.82, 2.24) is 0 Å². The van der Waals surface area contributed by atoms with E-state index in [0.717, 1.165) is 11.3 Å². The molecule has 0 saturated carbocycles. The van der Waals surface area contributed by atoms with Gasteiger partial charge in [-0.2, -0.15) is 0 Å². The minimum Gasteiger partial charge on any atom is -0.457 e. The number of carbonyl (C=O) groups excluding carboxylic acids is 4. The average molecular weight is 554 g/mol. The van der Waals surface area contributed by atoms with Crippen LogP contribution in [-0.4, -0.2) is 30.2 Å². The molecule has 8 heteroatoms. The molecule has 40 heavy (non-hydrogen) atoms. The average Bonchev–Trinajstić information content (AvgIpc) is 3.59. The van der Waals surface area contributed by atoms with E-state index in [9.17, 15) is 19.2 Å². The molecule has 0 N–H and O–H groups in total. The summed E-state index contributed by atoms with van der Waals surface area (Å²) in [5.41, 5.74) is 2.05. The summed E-state index contributed by atoms with van der Waals surface area (Å²) in [5, 5.41) is 1.76. The Kier molecular flexibility index (Phi) is 7.36. The third-order valence-corrected chi connectivity index (χ3v) is 8.01. The van der Waals surface area contributed by atoms with Crippen molar-refractivity contribution in [2.24, 2.45) is 0 Å². The summed E-state index contributed by atoms with van der Waals surface area (Å²) >= 11 is 1.26. The largest absolute Gasteiger partial charge is 0.457 e. The third kappa shape index (κ3) is 5.31. The molecule has 1 aliphatic heterocycles. The lowest BCUT2D eigenvalue weighted by Gasteiger charge is -2.23. The SMILES string of the molecule is CCC(C)(C)c1ccc(Oc2ccc(N3C(=O)c4ccc(C(=O)OCC(=O)c5cccs5)cc4C3=O)cc2)cc1. The highest BCUT2D eigenvalue weighted by atomic mass is 32.1. The second kappa shape index (κ2) is 10.9. The van der Waals surface area contributed by atoms with Gasteiger partial charge in [0.05, 0.1) is 27.3 Å². The summed E-state index contributed by atoms with van der Waals surface area (Å²) < 4.78 is 11.1. The Morgan fingerprint density at radius 1 is 0.850 bits per heavy atom. The number of rotatable bonds is 9. The van der Waals surface area contributed by atoms with E-state index in [4.69, 9.17) is 9.47 Å². The molecule has 0 unspecified atom stereocenters. The number of anilines is 1. The number of fused-ring (bicyclic) bond motifs is 1. The van der Waals surface area contributed by atoms with Crippen molar-refractivity contribution in [3.8, 4) is 11.5 Å². The number of hydrogen-bond donors (Lipinski definition) is 0. The number of amides is 2. The van der Waals surface area contributed by atoms with Gasteiger partial charge in [0, 0.05) is 0 Å². The van der Waals surface area contributed by atoms with Crippen LogP contribution in [0.2, 0.25) is 0 Å². The maximum atomic E-state index is 13.2. The first-order chi connectivity index (χ1) is 19.2. The summed E-state index contributed by atoms with van der Waals surface area (Å²) in [7, 11) is 0. The number of carbonyl (C=O) groups is 4. The van der Waals surface area contributed by atoms with Gasteiger partial charge >= 0.3 is 5.97 Å². The number of benzene rings is 3. The van der Waals surface area contributed by atoms with E-state index in [1.165, 1.54) is 35.1 Å². The Balaban J connectivity index is 1.26. The standard InChI is InChI=1S/C32H27NO6S/c1-4-32(2,3)21-8-12-23(13-9-21)39-24-14-10-22(11-15-24)33-29(35)25-16-7-20(18-26(25)30(33)36)31(37)38-19-27(34)28-6-5-17-40-28/h5-18H,4,19H2,1-3H3. The Morgan fingerprint density at radius 2 is 1.50 bits per heavy atom. The Labute approximate surface area is 236 Å². The van der Waals surface area contributed by atoms with Gasteiger partial charge in [0.2, 0.25) is 5.78 Å². The van der Waals surface area contributed by atoms with Crippen LogP contribution in [0.25, 0.3) is 0 Å². The minimum atomic E-state index is -0.751. The van der Waals surface area contributed by atoms with Crippen LogP contribution in [0.5, 0.6) is 11.5 Å². The second-order valence-corrected chi connectivity index (χ2v) is 11.0. The molecule has 1 aliphatic rings. The zero-order valence-electron chi connectivity index (χ0n) is 22.3. The van der Waals surface area contributed by atoms with Gasteiger partial charge in [-0.25, -0.2) is 9.69 Å². The molecule has 1 aromatic heterocycles. The molecule has 7 nitrogen and oxygen atoms in total. The molecule has 0 bridgehead atoms. The zero-order chi connectivity index (χ0) is 28.4. The fourth-order valence-electron chi connectivity index (χ4n) is 4.30. The second-order valence-electron chi connectivity index (χ2n) is 10.0. The zero-order valence-corrected chi connectivity index (χ0v) is 23.1. The normalized spacial score (nSPS) is 12.8. The number of esters is 1. The molecular formula is C32H27NO6S. The molecule has 4 aromatic rings. The number of ketones is 1. The van der Waals surface area contributed by atoms with Gasteiger partial charge < -0.3 is 9.47 Å². The summed E-state index contributed by atoms with van der Waals surface area (Å²) in [6, 6.07) is 22.2. The van der Waals surface area contributed by atoms with E-state index in [0.29, 0.717) is 22.1 Å². The number of imide groups is 1. The van der Waals surface area contributed by atoms with Gasteiger partial charge in [-0.1, -0.05) is 39.0 Å². The Bertz CT molecular complexity index is 1590. The first kappa shape index (κ1) is 27.0. The monoisotopic (exact) mass is 553 g/mol. The third-order valence-electron chi connectivity index (χ3n) is 7.10. The van der Waals surface area contributed by atoms with Gasteiger partial charge in [0.25, 0.3) is 11.8 Å². The van der Waals surface area contributed by atoms with Crippen LogP contribution in [0.15, 0.2) is 84.2 Å². The number of hydrogen-bond acceptors (Lipinski definition) is 7. The smallest absolute Gasteiger partial charge is 0.338 e. The van der Waals surface area contributed by atoms with Crippen LogP contribution in [0, 0.1) is 0 Å². The maximum absolute atomic E-state index is 13.2. The highest BCUT2D eigenvalue weighted by Crippen LogP contribution is 2.33. The molecule has 0 radical (unpaired) electrons. The molecule has 202 valence electrons. The van der Waals surface area contributed by atoms with Gasteiger partial charge in [-0.15, -0.1) is 11.3 Å². The van der Waals surface area contributed by atoms with Crippen LogP contribution in [0.3, 0.4) is 0 Å². The predicted molar refractivity (Wildman–Crippen MR) is 153 cm³/mol. The van der Waals surface area contributed by atoms with Gasteiger partial charge in [-0.3, -0.25) is 14.4 Å². The molecule has 0 atom stereocenters. The van der Waals surface area contributed by atoms with E-state index in [1.807, 2.05) is 12.1 Å². The van der Waals surface area contributed by atoms with Crippen molar-refractivity contribution in [2.75, 3.05) is 11.5 Å².